The van der Waals surface area contributed by atoms with Crippen LogP contribution in [0.3, 0.4) is 0 Å². The summed E-state index contributed by atoms with van der Waals surface area (Å²) in [7, 11) is 3.97. The summed E-state index contributed by atoms with van der Waals surface area (Å²) in [5, 5.41) is 5.37. The molecule has 2 aromatic carbocycles. The number of nitrogens with one attached hydrogen (secondary N) is 1. The predicted octanol–water partition coefficient (Wildman–Crippen LogP) is 3.60. The van der Waals surface area contributed by atoms with E-state index in [1.54, 1.807) is 16.5 Å². The van der Waals surface area contributed by atoms with Crippen molar-refractivity contribution in [3.8, 4) is 11.3 Å². The van der Waals surface area contributed by atoms with Gasteiger partial charge < -0.3 is 4.90 Å². The minimum absolute atomic E-state index is 0.112. The van der Waals surface area contributed by atoms with Gasteiger partial charge in [0.1, 0.15) is 0 Å². The highest BCUT2D eigenvalue weighted by Gasteiger charge is 2.44. The average Bonchev–Trinajstić information content (AvgIpc) is 2.78. The molecule has 0 spiro atoms. The Morgan fingerprint density at radius 1 is 1.19 bits per heavy atom. The molecule has 32 heavy (non-hydrogen) atoms. The van der Waals surface area contributed by atoms with E-state index in [1.165, 1.54) is 11.8 Å². The molecule has 0 saturated carbocycles. The van der Waals surface area contributed by atoms with Crippen LogP contribution in [0.4, 0.5) is 11.4 Å². The second-order valence-corrected chi connectivity index (χ2v) is 9.10. The van der Waals surface area contributed by atoms with Crippen LogP contribution in [-0.4, -0.2) is 35.8 Å². The number of fused-ring (bicyclic) bond motifs is 3. The Kier molecular flexibility index (Phi) is 6.32. The minimum Gasteiger partial charge on any atom is -0.378 e. The third-order valence-corrected chi connectivity index (χ3v) is 6.49. The van der Waals surface area contributed by atoms with Gasteiger partial charge >= 0.3 is 11.3 Å². The molecule has 8 heteroatoms. The van der Waals surface area contributed by atoms with Crippen molar-refractivity contribution in [3.63, 3.8) is 0 Å². The second-order valence-electron chi connectivity index (χ2n) is 8.02. The van der Waals surface area contributed by atoms with E-state index in [2.05, 4.69) is 11.9 Å². The number of benzene rings is 2. The molecule has 1 atom stereocenters. The third-order valence-electron chi connectivity index (χ3n) is 5.54. The lowest BCUT2D eigenvalue weighted by Gasteiger charge is -2.31. The lowest BCUT2D eigenvalue weighted by atomic mass is 10.0. The zero-order valence-corrected chi connectivity index (χ0v) is 19.6. The number of rotatable bonds is 6. The standard InChI is InChI=1S/C24H27N5O2S/c1-5-6-15-32-24-25-22(31)21-19-9-7-8-10-20(19)28(16(2)30)23(29(21)26-24)17-11-13-18(14-12-17)27(3)4/h7-14,23H,5-6,15H2,1-4H3/p+1/t23-/m1/s1. The molecular formula is C24H28N5O2S+. The number of amides is 1. The number of aromatic nitrogens is 3. The summed E-state index contributed by atoms with van der Waals surface area (Å²) in [6.45, 7) is 3.68. The van der Waals surface area contributed by atoms with Crippen molar-refractivity contribution in [2.75, 3.05) is 29.6 Å². The molecule has 166 valence electrons. The summed E-state index contributed by atoms with van der Waals surface area (Å²) in [5.41, 5.74) is 3.60. The summed E-state index contributed by atoms with van der Waals surface area (Å²) in [6, 6.07) is 15.5. The van der Waals surface area contributed by atoms with Gasteiger partial charge in [-0.2, -0.15) is 0 Å². The van der Waals surface area contributed by atoms with E-state index in [0.29, 0.717) is 22.1 Å². The molecule has 1 aliphatic rings. The fraction of sp³-hybridized carbons (Fsp3) is 0.333. The molecule has 4 rings (SSSR count). The Labute approximate surface area is 192 Å². The maximum atomic E-state index is 13.2. The highest BCUT2D eigenvalue weighted by atomic mass is 32.2. The average molecular weight is 451 g/mol. The molecule has 0 saturated heterocycles. The first-order valence-corrected chi connectivity index (χ1v) is 11.8. The van der Waals surface area contributed by atoms with Crippen molar-refractivity contribution in [2.45, 2.75) is 38.0 Å². The number of H-pyrrole nitrogens is 1. The van der Waals surface area contributed by atoms with Crippen LogP contribution in [0.2, 0.25) is 0 Å². The van der Waals surface area contributed by atoms with Crippen molar-refractivity contribution < 1.29 is 9.48 Å². The van der Waals surface area contributed by atoms with Gasteiger partial charge in [0, 0.05) is 43.1 Å². The van der Waals surface area contributed by atoms with Crippen molar-refractivity contribution in [3.05, 3.63) is 64.4 Å². The van der Waals surface area contributed by atoms with E-state index < -0.39 is 6.17 Å². The normalized spacial score (nSPS) is 14.6. The number of thioether (sulfide) groups is 1. The second kappa shape index (κ2) is 9.16. The number of carbonyl (C=O) groups excluding carboxylic acids is 1. The highest BCUT2D eigenvalue weighted by molar-refractivity contribution is 7.99. The van der Waals surface area contributed by atoms with Crippen LogP contribution >= 0.6 is 11.8 Å². The lowest BCUT2D eigenvalue weighted by Crippen LogP contribution is -2.60. The Balaban J connectivity index is 1.93. The Morgan fingerprint density at radius 3 is 2.56 bits per heavy atom. The number of aromatic amines is 1. The first kappa shape index (κ1) is 22.1. The molecule has 1 aliphatic heterocycles. The zero-order chi connectivity index (χ0) is 22.8. The Bertz CT molecular complexity index is 1190. The number of hydrogen-bond donors (Lipinski definition) is 1. The van der Waals surface area contributed by atoms with Gasteiger partial charge in [-0.3, -0.25) is 14.6 Å². The summed E-state index contributed by atoms with van der Waals surface area (Å²) in [6.07, 6.45) is 1.55. The van der Waals surface area contributed by atoms with E-state index in [9.17, 15) is 9.59 Å². The van der Waals surface area contributed by atoms with Crippen molar-refractivity contribution in [1.82, 2.24) is 10.1 Å². The van der Waals surface area contributed by atoms with E-state index in [-0.39, 0.29) is 11.5 Å². The van der Waals surface area contributed by atoms with Crippen LogP contribution in [0, 0.1) is 0 Å². The molecule has 2 heterocycles. The van der Waals surface area contributed by atoms with E-state index in [4.69, 9.17) is 5.10 Å². The first-order valence-electron chi connectivity index (χ1n) is 10.8. The number of carbonyl (C=O) groups is 1. The minimum atomic E-state index is -0.554. The molecule has 1 N–H and O–H groups in total. The maximum Gasteiger partial charge on any atom is 0.325 e. The van der Waals surface area contributed by atoms with Gasteiger partial charge in [0.15, 0.2) is 0 Å². The highest BCUT2D eigenvalue weighted by Crippen LogP contribution is 2.37. The number of hydrogen-bond acceptors (Lipinski definition) is 5. The molecule has 1 amide bonds. The Hall–Kier alpha value is -3.13. The molecule has 0 radical (unpaired) electrons. The van der Waals surface area contributed by atoms with Crippen LogP contribution in [0.15, 0.2) is 58.5 Å². The Morgan fingerprint density at radius 2 is 1.91 bits per heavy atom. The van der Waals surface area contributed by atoms with Crippen molar-refractivity contribution in [1.29, 1.82) is 0 Å². The number of para-hydroxylation sites is 1. The molecule has 3 aromatic rings. The molecule has 0 unspecified atom stereocenters. The SMILES string of the molecule is CCCCSc1n[n+]2c(c(=O)[nH]1)-c1ccccc1N(C(C)=O)[C@H]2c1ccc(N(C)C)cc1. The quantitative estimate of drug-likeness (QED) is 0.353. The third kappa shape index (κ3) is 4.02. The lowest BCUT2D eigenvalue weighted by molar-refractivity contribution is -0.763. The number of anilines is 2. The zero-order valence-electron chi connectivity index (χ0n) is 18.8. The summed E-state index contributed by atoms with van der Waals surface area (Å²) < 4.78 is 1.71. The van der Waals surface area contributed by atoms with Crippen molar-refractivity contribution in [2.24, 2.45) is 0 Å². The molecular weight excluding hydrogens is 422 g/mol. The van der Waals surface area contributed by atoms with Gasteiger partial charge in [-0.05, 0) is 47.5 Å². The molecule has 1 aromatic heterocycles. The fourth-order valence-electron chi connectivity index (χ4n) is 3.94. The molecule has 0 fully saturated rings. The van der Waals surface area contributed by atoms with Crippen LogP contribution < -0.4 is 20.0 Å². The largest absolute Gasteiger partial charge is 0.378 e. The van der Waals surface area contributed by atoms with Gasteiger partial charge in [0.25, 0.3) is 6.17 Å². The summed E-state index contributed by atoms with van der Waals surface area (Å²) >= 11 is 1.53. The molecule has 0 bridgehead atoms. The van der Waals surface area contributed by atoms with Gasteiger partial charge in [-0.15, -0.1) is 0 Å². The van der Waals surface area contributed by atoms with Crippen LogP contribution in [0.5, 0.6) is 0 Å². The summed E-state index contributed by atoms with van der Waals surface area (Å²) in [5.74, 6) is 0.758. The first-order chi connectivity index (χ1) is 15.4. The van der Waals surface area contributed by atoms with Gasteiger partial charge in [0.2, 0.25) is 11.1 Å². The van der Waals surface area contributed by atoms with Gasteiger partial charge in [0.05, 0.1) is 11.3 Å². The predicted molar refractivity (Wildman–Crippen MR) is 128 cm³/mol. The molecule has 7 nitrogen and oxygen atoms in total. The summed E-state index contributed by atoms with van der Waals surface area (Å²) in [4.78, 5) is 32.8. The maximum absolute atomic E-state index is 13.2. The number of unbranched alkanes of at least 4 members (excludes halogenated alkanes) is 1. The van der Waals surface area contributed by atoms with E-state index >= 15 is 0 Å². The van der Waals surface area contributed by atoms with Crippen molar-refractivity contribution >= 4 is 29.0 Å². The van der Waals surface area contributed by atoms with E-state index in [0.717, 1.165) is 29.8 Å². The van der Waals surface area contributed by atoms with Crippen LogP contribution in [0.25, 0.3) is 11.3 Å². The molecule has 0 aliphatic carbocycles. The fourth-order valence-corrected chi connectivity index (χ4v) is 4.87. The van der Waals surface area contributed by atoms with E-state index in [1.807, 2.05) is 67.5 Å². The number of nitrogens with zero attached hydrogens (tertiary/aromatic N) is 4. The topological polar surface area (TPSA) is 73.2 Å². The van der Waals surface area contributed by atoms with Gasteiger partial charge in [-0.25, -0.2) is 4.90 Å². The van der Waals surface area contributed by atoms with Crippen LogP contribution in [-0.2, 0) is 4.79 Å². The monoisotopic (exact) mass is 450 g/mol. The smallest absolute Gasteiger partial charge is 0.325 e. The van der Waals surface area contributed by atoms with Gasteiger partial charge in [-0.1, -0.05) is 37.2 Å². The van der Waals surface area contributed by atoms with Crippen LogP contribution in [0.1, 0.15) is 38.4 Å².